The Hall–Kier alpha value is -7.18. The van der Waals surface area contributed by atoms with Crippen LogP contribution in [0.4, 0.5) is 0 Å². The van der Waals surface area contributed by atoms with Crippen LogP contribution in [0, 0.1) is 0 Å². The second-order valence-electron chi connectivity index (χ2n) is 13.5. The molecule has 3 heterocycles. The molecule has 6 nitrogen and oxygen atoms in total. The lowest BCUT2D eigenvalue weighted by atomic mass is 9.67. The lowest BCUT2D eigenvalue weighted by molar-refractivity contribution is 0.768. The number of aromatic nitrogens is 6. The maximum atomic E-state index is 5.28. The van der Waals surface area contributed by atoms with E-state index < -0.39 is 5.41 Å². The molecule has 0 N–H and O–H groups in total. The summed E-state index contributed by atoms with van der Waals surface area (Å²) in [6.45, 7) is 0. The van der Waals surface area contributed by atoms with Gasteiger partial charge in [-0.25, -0.2) is 14.5 Å². The highest BCUT2D eigenvalue weighted by Gasteiger charge is 2.46. The van der Waals surface area contributed by atoms with E-state index in [1.165, 1.54) is 27.8 Å². The molecule has 0 spiro atoms. The van der Waals surface area contributed by atoms with Gasteiger partial charge < -0.3 is 0 Å². The van der Waals surface area contributed by atoms with Crippen molar-refractivity contribution in [1.82, 2.24) is 28.9 Å². The van der Waals surface area contributed by atoms with E-state index in [0.717, 1.165) is 44.5 Å². The summed E-state index contributed by atoms with van der Waals surface area (Å²) < 4.78 is 4.25. The second-order valence-corrected chi connectivity index (χ2v) is 13.5. The van der Waals surface area contributed by atoms with Crippen molar-refractivity contribution in [2.75, 3.05) is 0 Å². The first-order valence-corrected chi connectivity index (χ1v) is 17.8. The summed E-state index contributed by atoms with van der Waals surface area (Å²) in [5.74, 6) is 2.44. The molecule has 0 fully saturated rings. The van der Waals surface area contributed by atoms with E-state index in [2.05, 4.69) is 136 Å². The lowest BCUT2D eigenvalue weighted by Crippen LogP contribution is -2.28. The van der Waals surface area contributed by atoms with E-state index in [9.17, 15) is 0 Å². The van der Waals surface area contributed by atoms with Crippen molar-refractivity contribution in [3.63, 3.8) is 0 Å². The number of imidazole rings is 2. The first kappa shape index (κ1) is 29.5. The number of fused-ring (bicyclic) bond motifs is 8. The van der Waals surface area contributed by atoms with Gasteiger partial charge in [0.25, 0.3) is 0 Å². The van der Waals surface area contributed by atoms with E-state index in [-0.39, 0.29) is 0 Å². The maximum Gasteiger partial charge on any atom is 0.241 e. The Balaban J connectivity index is 1.19. The highest BCUT2D eigenvalue weighted by Crippen LogP contribution is 2.56. The summed E-state index contributed by atoms with van der Waals surface area (Å²) in [7, 11) is 0. The van der Waals surface area contributed by atoms with Crippen molar-refractivity contribution < 1.29 is 0 Å². The quantitative estimate of drug-likeness (QED) is 0.182. The highest BCUT2D eigenvalue weighted by atomic mass is 15.3. The normalized spacial score (nSPS) is 13.1. The van der Waals surface area contributed by atoms with Gasteiger partial charge in [0.1, 0.15) is 0 Å². The molecule has 0 amide bonds. The summed E-state index contributed by atoms with van der Waals surface area (Å²) in [6, 6.07) is 63.9. The van der Waals surface area contributed by atoms with Crippen molar-refractivity contribution in [2.24, 2.45) is 0 Å². The first-order valence-electron chi connectivity index (χ1n) is 17.8. The molecule has 1 aliphatic carbocycles. The standard InChI is InChI=1S/C47H30N6/c1-3-16-31(17-4-1)43-49-44(51-45(50-43)53-42-29-14-13-28-41(42)52-40-27-12-11-26-39(40)48-46(52)53)32-18-15-21-34(30-32)47(33-19-5-2-6-20-33)37-24-9-7-22-35(37)36-23-8-10-25-38(36)47/h1-30H. The van der Waals surface area contributed by atoms with Gasteiger partial charge in [0.2, 0.25) is 11.7 Å². The zero-order valence-electron chi connectivity index (χ0n) is 28.5. The van der Waals surface area contributed by atoms with Gasteiger partial charge in [-0.3, -0.25) is 4.40 Å². The molecular formula is C47H30N6. The first-order chi connectivity index (χ1) is 26.3. The molecule has 1 aliphatic rings. The Kier molecular flexibility index (Phi) is 6.36. The molecule has 0 atom stereocenters. The van der Waals surface area contributed by atoms with Crippen LogP contribution >= 0.6 is 0 Å². The molecule has 10 aromatic rings. The van der Waals surface area contributed by atoms with E-state index in [1.807, 2.05) is 54.6 Å². The van der Waals surface area contributed by atoms with Crippen molar-refractivity contribution in [3.8, 4) is 39.9 Å². The number of para-hydroxylation sites is 4. The zero-order valence-corrected chi connectivity index (χ0v) is 28.5. The molecule has 11 rings (SSSR count). The summed E-state index contributed by atoms with van der Waals surface area (Å²) >= 11 is 0. The second kappa shape index (κ2) is 11.4. The van der Waals surface area contributed by atoms with E-state index in [0.29, 0.717) is 17.6 Å². The minimum Gasteiger partial charge on any atom is -0.276 e. The third kappa shape index (κ3) is 4.26. The van der Waals surface area contributed by atoms with Crippen LogP contribution in [-0.4, -0.2) is 28.9 Å². The average Bonchev–Trinajstić information content (AvgIpc) is 3.87. The minimum atomic E-state index is -0.540. The number of hydrogen-bond acceptors (Lipinski definition) is 4. The molecule has 0 unspecified atom stereocenters. The predicted molar refractivity (Wildman–Crippen MR) is 211 cm³/mol. The smallest absolute Gasteiger partial charge is 0.241 e. The molecule has 0 bridgehead atoms. The van der Waals surface area contributed by atoms with Gasteiger partial charge in [0.05, 0.1) is 27.5 Å². The Morgan fingerprint density at radius 2 is 0.943 bits per heavy atom. The maximum absolute atomic E-state index is 5.28. The fourth-order valence-corrected chi connectivity index (χ4v) is 8.46. The molecular weight excluding hydrogens is 649 g/mol. The summed E-state index contributed by atoms with van der Waals surface area (Å²) in [5, 5.41) is 0. The van der Waals surface area contributed by atoms with Crippen LogP contribution < -0.4 is 0 Å². The lowest BCUT2D eigenvalue weighted by Gasteiger charge is -2.34. The molecule has 0 saturated carbocycles. The van der Waals surface area contributed by atoms with Crippen molar-refractivity contribution >= 4 is 27.8 Å². The molecule has 248 valence electrons. The summed E-state index contributed by atoms with van der Waals surface area (Å²) in [5.41, 5.74) is 12.6. The predicted octanol–water partition coefficient (Wildman–Crippen LogP) is 10.3. The fourth-order valence-electron chi connectivity index (χ4n) is 8.46. The van der Waals surface area contributed by atoms with Crippen LogP contribution in [0.2, 0.25) is 0 Å². The number of hydrogen-bond donors (Lipinski definition) is 0. The minimum absolute atomic E-state index is 0.509. The topological polar surface area (TPSA) is 60.9 Å². The van der Waals surface area contributed by atoms with Crippen molar-refractivity contribution in [2.45, 2.75) is 5.41 Å². The van der Waals surface area contributed by atoms with Crippen LogP contribution in [0.3, 0.4) is 0 Å². The van der Waals surface area contributed by atoms with E-state index in [1.54, 1.807) is 0 Å². The molecule has 3 aromatic heterocycles. The fraction of sp³-hybridized carbons (Fsp3) is 0.0213. The SMILES string of the molecule is c1ccc(-c2nc(-c3cccc(C4(c5ccccc5)c5ccccc5-c5ccccc54)c3)nc(-n3c4ccccc4n4c5ccccc5nc34)n2)cc1. The molecule has 0 radical (unpaired) electrons. The van der Waals surface area contributed by atoms with Gasteiger partial charge in [-0.2, -0.15) is 9.97 Å². The average molecular weight is 679 g/mol. The monoisotopic (exact) mass is 678 g/mol. The molecule has 53 heavy (non-hydrogen) atoms. The zero-order chi connectivity index (χ0) is 34.9. The number of benzene rings is 7. The van der Waals surface area contributed by atoms with Crippen molar-refractivity contribution in [1.29, 1.82) is 0 Å². The van der Waals surface area contributed by atoms with E-state index in [4.69, 9.17) is 19.9 Å². The van der Waals surface area contributed by atoms with Gasteiger partial charge in [0, 0.05) is 11.1 Å². The van der Waals surface area contributed by atoms with Crippen LogP contribution in [-0.2, 0) is 5.41 Å². The number of rotatable bonds is 5. The van der Waals surface area contributed by atoms with Gasteiger partial charge in [0.15, 0.2) is 11.6 Å². The molecule has 6 heteroatoms. The number of nitrogens with zero attached hydrogens (tertiary/aromatic N) is 6. The largest absolute Gasteiger partial charge is 0.276 e. The molecule has 7 aromatic carbocycles. The third-order valence-corrected chi connectivity index (χ3v) is 10.7. The van der Waals surface area contributed by atoms with E-state index >= 15 is 0 Å². The van der Waals surface area contributed by atoms with Gasteiger partial charge in [-0.15, -0.1) is 0 Å². The summed E-state index contributed by atoms with van der Waals surface area (Å²) in [4.78, 5) is 20.7. The van der Waals surface area contributed by atoms with Gasteiger partial charge >= 0.3 is 0 Å². The van der Waals surface area contributed by atoms with Gasteiger partial charge in [-0.1, -0.05) is 152 Å². The summed E-state index contributed by atoms with van der Waals surface area (Å²) in [6.07, 6.45) is 0. The molecule has 0 aliphatic heterocycles. The Morgan fingerprint density at radius 1 is 0.396 bits per heavy atom. The van der Waals surface area contributed by atoms with Crippen LogP contribution in [0.5, 0.6) is 0 Å². The van der Waals surface area contributed by atoms with Crippen LogP contribution in [0.15, 0.2) is 182 Å². The van der Waals surface area contributed by atoms with Crippen LogP contribution in [0.25, 0.3) is 67.7 Å². The Labute approximate surface area is 305 Å². The van der Waals surface area contributed by atoms with Crippen molar-refractivity contribution in [3.05, 3.63) is 204 Å². The third-order valence-electron chi connectivity index (χ3n) is 10.7. The van der Waals surface area contributed by atoms with Gasteiger partial charge in [-0.05, 0) is 63.7 Å². The molecule has 0 saturated heterocycles. The Morgan fingerprint density at radius 3 is 1.68 bits per heavy atom. The van der Waals surface area contributed by atoms with Crippen LogP contribution in [0.1, 0.15) is 22.3 Å². The highest BCUT2D eigenvalue weighted by molar-refractivity contribution is 5.92. The Bertz CT molecular complexity index is 2970.